The standard InChI is InChI=1S/C10H12O2.C4H6O/c1-3-4-8-5-6-9(11)10(7-8)12-2;1-3-5-4-2/h3,5-7,11H,1,4H2,2H3;3-4H,1-2H2. The molecule has 92 valence electrons. The van der Waals surface area contributed by atoms with E-state index >= 15 is 0 Å². The van der Waals surface area contributed by atoms with Crippen LogP contribution >= 0.6 is 0 Å². The summed E-state index contributed by atoms with van der Waals surface area (Å²) >= 11 is 0. The molecule has 17 heavy (non-hydrogen) atoms. The molecule has 0 amide bonds. The molecule has 3 nitrogen and oxygen atoms in total. The Balaban J connectivity index is 0.000000437. The smallest absolute Gasteiger partial charge is 0.160 e. The summed E-state index contributed by atoms with van der Waals surface area (Å²) in [7, 11) is 1.53. The first-order chi connectivity index (χ1) is 8.19. The van der Waals surface area contributed by atoms with Crippen molar-refractivity contribution in [2.75, 3.05) is 7.11 Å². The number of rotatable bonds is 5. The summed E-state index contributed by atoms with van der Waals surface area (Å²) in [5.41, 5.74) is 1.08. The summed E-state index contributed by atoms with van der Waals surface area (Å²) in [6.45, 7) is 10.1. The van der Waals surface area contributed by atoms with Crippen molar-refractivity contribution in [2.45, 2.75) is 6.42 Å². The third-order valence-corrected chi connectivity index (χ3v) is 1.82. The third-order valence-electron chi connectivity index (χ3n) is 1.82. The molecule has 0 unspecified atom stereocenters. The second-order valence-corrected chi connectivity index (χ2v) is 2.97. The number of ether oxygens (including phenoxy) is 2. The van der Waals surface area contributed by atoms with E-state index in [2.05, 4.69) is 24.5 Å². The molecule has 0 fully saturated rings. The van der Waals surface area contributed by atoms with Gasteiger partial charge in [-0.2, -0.15) is 0 Å². The van der Waals surface area contributed by atoms with E-state index in [0.717, 1.165) is 12.0 Å². The summed E-state index contributed by atoms with van der Waals surface area (Å²) < 4.78 is 9.31. The van der Waals surface area contributed by atoms with Crippen LogP contribution < -0.4 is 4.74 Å². The minimum Gasteiger partial charge on any atom is -0.504 e. The van der Waals surface area contributed by atoms with Crippen LogP contribution in [0.25, 0.3) is 0 Å². The van der Waals surface area contributed by atoms with Crippen molar-refractivity contribution in [1.29, 1.82) is 0 Å². The fourth-order valence-corrected chi connectivity index (χ4v) is 1.08. The number of allylic oxidation sites excluding steroid dienone is 1. The Hall–Kier alpha value is -2.16. The van der Waals surface area contributed by atoms with Crippen LogP contribution in [-0.2, 0) is 11.2 Å². The zero-order chi connectivity index (χ0) is 13.1. The Morgan fingerprint density at radius 2 is 1.88 bits per heavy atom. The van der Waals surface area contributed by atoms with E-state index < -0.39 is 0 Å². The summed E-state index contributed by atoms with van der Waals surface area (Å²) in [6, 6.07) is 5.27. The van der Waals surface area contributed by atoms with Gasteiger partial charge in [0.1, 0.15) is 0 Å². The van der Waals surface area contributed by atoms with Crippen molar-refractivity contribution >= 4 is 0 Å². The molecule has 0 spiro atoms. The summed E-state index contributed by atoms with van der Waals surface area (Å²) in [6.07, 6.45) is 5.22. The van der Waals surface area contributed by atoms with Crippen LogP contribution in [0.15, 0.2) is 56.5 Å². The van der Waals surface area contributed by atoms with E-state index in [-0.39, 0.29) is 5.75 Å². The maximum atomic E-state index is 9.25. The summed E-state index contributed by atoms with van der Waals surface area (Å²) in [5, 5.41) is 9.25. The summed E-state index contributed by atoms with van der Waals surface area (Å²) in [5.74, 6) is 0.680. The van der Waals surface area contributed by atoms with E-state index in [9.17, 15) is 5.11 Å². The second-order valence-electron chi connectivity index (χ2n) is 2.97. The molecule has 1 aromatic carbocycles. The highest BCUT2D eigenvalue weighted by Crippen LogP contribution is 2.26. The molecule has 1 aromatic rings. The van der Waals surface area contributed by atoms with Gasteiger partial charge in [0.05, 0.1) is 19.6 Å². The van der Waals surface area contributed by atoms with Crippen molar-refractivity contribution in [1.82, 2.24) is 0 Å². The van der Waals surface area contributed by atoms with Gasteiger partial charge in [-0.05, 0) is 24.1 Å². The molecule has 0 radical (unpaired) electrons. The predicted molar refractivity (Wildman–Crippen MR) is 70.0 cm³/mol. The molecule has 0 saturated carbocycles. The SMILES string of the molecule is C=CCc1ccc(O)c(OC)c1.C=COC=C. The van der Waals surface area contributed by atoms with Crippen LogP contribution in [0.1, 0.15) is 5.56 Å². The topological polar surface area (TPSA) is 38.7 Å². The molecule has 1 rings (SSSR count). The number of phenols is 1. The van der Waals surface area contributed by atoms with Crippen molar-refractivity contribution < 1.29 is 14.6 Å². The lowest BCUT2D eigenvalue weighted by molar-refractivity contribution is 0.373. The lowest BCUT2D eigenvalue weighted by Gasteiger charge is -2.04. The van der Waals surface area contributed by atoms with E-state index in [4.69, 9.17) is 4.74 Å². The highest BCUT2D eigenvalue weighted by Gasteiger charge is 2.00. The largest absolute Gasteiger partial charge is 0.504 e. The molecular formula is C14H18O3. The van der Waals surface area contributed by atoms with Gasteiger partial charge in [0, 0.05) is 0 Å². The van der Waals surface area contributed by atoms with E-state index in [0.29, 0.717) is 5.75 Å². The molecular weight excluding hydrogens is 216 g/mol. The average Bonchev–Trinajstić information content (AvgIpc) is 2.34. The maximum Gasteiger partial charge on any atom is 0.160 e. The number of benzene rings is 1. The number of aromatic hydroxyl groups is 1. The molecule has 3 heteroatoms. The highest BCUT2D eigenvalue weighted by atomic mass is 16.5. The van der Waals surface area contributed by atoms with E-state index in [1.165, 1.54) is 19.6 Å². The number of hydrogen-bond acceptors (Lipinski definition) is 3. The molecule has 0 bridgehead atoms. The molecule has 1 N–H and O–H groups in total. The Kier molecular flexibility index (Phi) is 7.94. The lowest BCUT2D eigenvalue weighted by atomic mass is 10.1. The van der Waals surface area contributed by atoms with Crippen molar-refractivity contribution in [3.63, 3.8) is 0 Å². The third kappa shape index (κ3) is 6.10. The minimum atomic E-state index is 0.172. The maximum absolute atomic E-state index is 9.25. The van der Waals surface area contributed by atoms with Gasteiger partial charge in [-0.25, -0.2) is 0 Å². The van der Waals surface area contributed by atoms with Crippen LogP contribution in [0.3, 0.4) is 0 Å². The van der Waals surface area contributed by atoms with Crippen molar-refractivity contribution in [3.8, 4) is 11.5 Å². The first kappa shape index (κ1) is 14.8. The van der Waals surface area contributed by atoms with Crippen LogP contribution in [-0.4, -0.2) is 12.2 Å². The summed E-state index contributed by atoms with van der Waals surface area (Å²) in [4.78, 5) is 0. The van der Waals surface area contributed by atoms with E-state index in [1.807, 2.05) is 12.1 Å². The minimum absolute atomic E-state index is 0.172. The molecule has 0 heterocycles. The first-order valence-corrected chi connectivity index (χ1v) is 5.03. The van der Waals surface area contributed by atoms with Gasteiger partial charge < -0.3 is 14.6 Å². The van der Waals surface area contributed by atoms with E-state index in [1.54, 1.807) is 12.1 Å². The zero-order valence-electron chi connectivity index (χ0n) is 10.1. The Labute approximate surface area is 102 Å². The Morgan fingerprint density at radius 3 is 2.29 bits per heavy atom. The fraction of sp³-hybridized carbons (Fsp3) is 0.143. The highest BCUT2D eigenvalue weighted by molar-refractivity contribution is 5.42. The van der Waals surface area contributed by atoms with Gasteiger partial charge in [0.2, 0.25) is 0 Å². The average molecular weight is 234 g/mol. The van der Waals surface area contributed by atoms with Crippen LogP contribution in [0.2, 0.25) is 0 Å². The van der Waals surface area contributed by atoms with Gasteiger partial charge in [0.25, 0.3) is 0 Å². The van der Waals surface area contributed by atoms with Crippen molar-refractivity contribution in [2.24, 2.45) is 0 Å². The van der Waals surface area contributed by atoms with Gasteiger partial charge in [-0.1, -0.05) is 25.3 Å². The Morgan fingerprint density at radius 1 is 1.24 bits per heavy atom. The quantitative estimate of drug-likeness (QED) is 0.626. The molecule has 0 aliphatic carbocycles. The molecule has 0 saturated heterocycles. The lowest BCUT2D eigenvalue weighted by Crippen LogP contribution is -1.86. The van der Waals surface area contributed by atoms with Gasteiger partial charge in [0.15, 0.2) is 11.5 Å². The molecule has 0 aromatic heterocycles. The number of phenolic OH excluding ortho intramolecular Hbond substituents is 1. The fourth-order valence-electron chi connectivity index (χ4n) is 1.08. The number of hydrogen-bond donors (Lipinski definition) is 1. The normalized spacial score (nSPS) is 8.29. The van der Waals surface area contributed by atoms with Gasteiger partial charge in [-0.3, -0.25) is 0 Å². The van der Waals surface area contributed by atoms with Gasteiger partial charge in [-0.15, -0.1) is 6.58 Å². The zero-order valence-corrected chi connectivity index (χ0v) is 10.1. The predicted octanol–water partition coefficient (Wildman–Crippen LogP) is 3.42. The molecule has 0 aliphatic rings. The Bertz CT molecular complexity index is 364. The first-order valence-electron chi connectivity index (χ1n) is 5.03. The molecule has 0 atom stereocenters. The number of methoxy groups -OCH3 is 1. The van der Waals surface area contributed by atoms with Crippen molar-refractivity contribution in [3.05, 3.63) is 62.1 Å². The van der Waals surface area contributed by atoms with Crippen LogP contribution in [0, 0.1) is 0 Å². The van der Waals surface area contributed by atoms with Gasteiger partial charge >= 0.3 is 0 Å². The van der Waals surface area contributed by atoms with Crippen LogP contribution in [0.5, 0.6) is 11.5 Å². The monoisotopic (exact) mass is 234 g/mol. The van der Waals surface area contributed by atoms with Crippen LogP contribution in [0.4, 0.5) is 0 Å². The second kappa shape index (κ2) is 9.09. The molecule has 0 aliphatic heterocycles.